The molecule has 4 aromatic rings. The van der Waals surface area contributed by atoms with Crippen LogP contribution >= 0.6 is 0 Å². The van der Waals surface area contributed by atoms with Crippen molar-refractivity contribution in [3.8, 4) is 6.07 Å². The molecule has 2 N–H and O–H groups in total. The van der Waals surface area contributed by atoms with Crippen molar-refractivity contribution in [3.05, 3.63) is 131 Å². The van der Waals surface area contributed by atoms with E-state index in [2.05, 4.69) is 10.6 Å². The lowest BCUT2D eigenvalue weighted by molar-refractivity contribution is -0.311. The summed E-state index contributed by atoms with van der Waals surface area (Å²) in [5.41, 5.74) is 2.21. The number of nitrogens with one attached hydrogen (secondary N) is 2. The number of rotatable bonds is 13. The second kappa shape index (κ2) is 18.7. The molecule has 15 heteroatoms. The van der Waals surface area contributed by atoms with Gasteiger partial charge in [0.1, 0.15) is 36.3 Å². The van der Waals surface area contributed by atoms with Crippen LogP contribution in [0.25, 0.3) is 0 Å². The van der Waals surface area contributed by atoms with Crippen molar-refractivity contribution in [1.29, 1.82) is 5.26 Å². The molecule has 1 heterocycles. The van der Waals surface area contributed by atoms with Crippen LogP contribution in [-0.2, 0) is 46.2 Å². The second-order valence-electron chi connectivity index (χ2n) is 12.1. The number of carbonyl (C=O) groups excluding carboxylic acids is 3. The lowest BCUT2D eigenvalue weighted by Gasteiger charge is -2.44. The monoisotopic (exact) mass is 747 g/mol. The zero-order valence-corrected chi connectivity index (χ0v) is 29.1. The van der Waals surface area contributed by atoms with Gasteiger partial charge in [0.15, 0.2) is 18.5 Å². The van der Waals surface area contributed by atoms with E-state index < -0.39 is 78.6 Å². The SMILES string of the molecule is CCOC1O[C@H](COC(=O)Nc2cccc(C#N)c2)[C@@H](OC(=O)Cc2ccc(C)cc2)[C@H](OC(=O)Nc2ccc(F)cc2F)[C@H]1OCc1ccc(F)cc1. The molecule has 0 aliphatic carbocycles. The Bertz CT molecular complexity index is 1960. The maximum absolute atomic E-state index is 14.5. The molecule has 12 nitrogen and oxygen atoms in total. The molecule has 5 atom stereocenters. The first-order chi connectivity index (χ1) is 26.0. The average Bonchev–Trinajstić information content (AvgIpc) is 3.14. The normalized spacial score (nSPS) is 19.2. The summed E-state index contributed by atoms with van der Waals surface area (Å²) in [4.78, 5) is 39.8. The summed E-state index contributed by atoms with van der Waals surface area (Å²) in [7, 11) is 0. The summed E-state index contributed by atoms with van der Waals surface area (Å²) in [6, 6.07) is 23.0. The molecule has 54 heavy (non-hydrogen) atoms. The van der Waals surface area contributed by atoms with Crippen LogP contribution in [-0.4, -0.2) is 62.1 Å². The molecule has 282 valence electrons. The number of hydrogen-bond donors (Lipinski definition) is 2. The number of halogens is 3. The Kier molecular flexibility index (Phi) is 13.6. The van der Waals surface area contributed by atoms with Gasteiger partial charge in [-0.25, -0.2) is 22.8 Å². The Morgan fingerprint density at radius 1 is 0.796 bits per heavy atom. The average molecular weight is 748 g/mol. The molecule has 0 bridgehead atoms. The van der Waals surface area contributed by atoms with E-state index in [1.54, 1.807) is 31.2 Å². The first-order valence-corrected chi connectivity index (χ1v) is 16.8. The van der Waals surface area contributed by atoms with Crippen molar-refractivity contribution in [3.63, 3.8) is 0 Å². The molecule has 5 rings (SSSR count). The summed E-state index contributed by atoms with van der Waals surface area (Å²) in [5, 5.41) is 13.9. The molecule has 0 aromatic heterocycles. The number of nitriles is 1. The van der Waals surface area contributed by atoms with Gasteiger partial charge in [0.25, 0.3) is 0 Å². The molecule has 0 radical (unpaired) electrons. The van der Waals surface area contributed by atoms with Crippen LogP contribution in [0.15, 0.2) is 91.0 Å². The maximum atomic E-state index is 14.5. The maximum Gasteiger partial charge on any atom is 0.412 e. The fraction of sp³-hybridized carbons (Fsp3) is 0.282. The highest BCUT2D eigenvalue weighted by Gasteiger charge is 2.52. The van der Waals surface area contributed by atoms with Crippen molar-refractivity contribution in [2.45, 2.75) is 57.6 Å². The molecule has 2 amide bonds. The number of nitrogens with zero attached hydrogens (tertiary/aromatic N) is 1. The topological polar surface area (TPSA) is 154 Å². The van der Waals surface area contributed by atoms with Crippen LogP contribution in [0, 0.1) is 35.7 Å². The number of carbonyl (C=O) groups is 3. The van der Waals surface area contributed by atoms with Gasteiger partial charge < -0.3 is 28.4 Å². The van der Waals surface area contributed by atoms with Gasteiger partial charge in [0.05, 0.1) is 30.3 Å². The van der Waals surface area contributed by atoms with Crippen LogP contribution in [0.1, 0.15) is 29.2 Å². The van der Waals surface area contributed by atoms with Gasteiger partial charge in [-0.05, 0) is 67.4 Å². The lowest BCUT2D eigenvalue weighted by atomic mass is 9.98. The van der Waals surface area contributed by atoms with E-state index in [0.717, 1.165) is 17.7 Å². The van der Waals surface area contributed by atoms with Crippen molar-refractivity contribution in [2.24, 2.45) is 0 Å². The molecule has 0 saturated carbocycles. The molecule has 0 spiro atoms. The Morgan fingerprint density at radius 2 is 1.52 bits per heavy atom. The minimum Gasteiger partial charge on any atom is -0.455 e. The Labute approximate surface area is 308 Å². The highest BCUT2D eigenvalue weighted by Crippen LogP contribution is 2.31. The Hall–Kier alpha value is -5.95. The van der Waals surface area contributed by atoms with Gasteiger partial charge in [0.2, 0.25) is 0 Å². The zero-order valence-electron chi connectivity index (χ0n) is 29.1. The molecular formula is C39H36F3N3O9. The van der Waals surface area contributed by atoms with Gasteiger partial charge in [-0.1, -0.05) is 48.0 Å². The van der Waals surface area contributed by atoms with Crippen molar-refractivity contribution >= 4 is 29.5 Å². The van der Waals surface area contributed by atoms with Crippen LogP contribution in [0.5, 0.6) is 0 Å². The minimum absolute atomic E-state index is 0.0575. The standard InChI is InChI=1S/C39H36F3N3O9/c1-3-49-37-36(50-21-25-11-13-27(40)14-12-25)35(54-39(48)45-31-16-15-28(41)19-30(31)42)34(53-33(46)18-24-9-7-23(2)8-10-24)32(52-37)22-51-38(47)44-29-6-4-5-26(17-29)20-43/h4-17,19,32,34-37H,3,18,21-22H2,1-2H3,(H,44,47)(H,45,48)/t32-,34-,35+,36-,37?/m1/s1. The first-order valence-electron chi connectivity index (χ1n) is 16.8. The van der Waals surface area contributed by atoms with E-state index in [4.69, 9.17) is 28.4 Å². The number of amides is 2. The number of aryl methyl sites for hydroxylation is 1. The Morgan fingerprint density at radius 3 is 2.22 bits per heavy atom. The summed E-state index contributed by atoms with van der Waals surface area (Å²) < 4.78 is 77.1. The number of anilines is 2. The predicted molar refractivity (Wildman–Crippen MR) is 186 cm³/mol. The van der Waals surface area contributed by atoms with Gasteiger partial charge >= 0.3 is 18.2 Å². The molecule has 1 saturated heterocycles. The van der Waals surface area contributed by atoms with Crippen LogP contribution in [0.4, 0.5) is 34.1 Å². The molecular weight excluding hydrogens is 711 g/mol. The fourth-order valence-electron chi connectivity index (χ4n) is 5.43. The minimum atomic E-state index is -1.56. The zero-order chi connectivity index (χ0) is 38.6. The fourth-order valence-corrected chi connectivity index (χ4v) is 5.43. The molecule has 1 fully saturated rings. The van der Waals surface area contributed by atoms with E-state index in [-0.39, 0.29) is 30.9 Å². The lowest BCUT2D eigenvalue weighted by Crippen LogP contribution is -2.63. The first kappa shape index (κ1) is 39.3. The smallest absolute Gasteiger partial charge is 0.412 e. The van der Waals surface area contributed by atoms with Crippen LogP contribution in [0.2, 0.25) is 0 Å². The van der Waals surface area contributed by atoms with E-state index >= 15 is 0 Å². The number of ether oxygens (including phenoxy) is 6. The third kappa shape index (κ3) is 11.0. The van der Waals surface area contributed by atoms with E-state index in [9.17, 15) is 32.8 Å². The van der Waals surface area contributed by atoms with E-state index in [0.29, 0.717) is 17.2 Å². The van der Waals surface area contributed by atoms with Crippen molar-refractivity contribution in [1.82, 2.24) is 0 Å². The molecule has 4 aromatic carbocycles. The quantitative estimate of drug-likeness (QED) is 0.108. The summed E-state index contributed by atoms with van der Waals surface area (Å²) in [6.45, 7) is 2.84. The molecule has 1 unspecified atom stereocenters. The number of esters is 1. The van der Waals surface area contributed by atoms with Crippen molar-refractivity contribution < 1.29 is 56.0 Å². The van der Waals surface area contributed by atoms with Gasteiger partial charge in [-0.2, -0.15) is 5.26 Å². The largest absolute Gasteiger partial charge is 0.455 e. The number of benzene rings is 4. The Balaban J connectivity index is 1.46. The number of hydrogen-bond acceptors (Lipinski definition) is 10. The van der Waals surface area contributed by atoms with Gasteiger partial charge in [-0.15, -0.1) is 0 Å². The summed E-state index contributed by atoms with van der Waals surface area (Å²) >= 11 is 0. The van der Waals surface area contributed by atoms with Gasteiger partial charge in [-0.3, -0.25) is 15.4 Å². The second-order valence-corrected chi connectivity index (χ2v) is 12.1. The third-order valence-corrected chi connectivity index (χ3v) is 8.04. The highest BCUT2D eigenvalue weighted by atomic mass is 19.1. The van der Waals surface area contributed by atoms with Crippen molar-refractivity contribution in [2.75, 3.05) is 23.8 Å². The van der Waals surface area contributed by atoms with Gasteiger partial charge in [0, 0.05) is 18.4 Å². The summed E-state index contributed by atoms with van der Waals surface area (Å²) in [6.07, 6.45) is -9.51. The molecule has 1 aliphatic heterocycles. The van der Waals surface area contributed by atoms with E-state index in [1.165, 1.54) is 36.4 Å². The van der Waals surface area contributed by atoms with Crippen LogP contribution < -0.4 is 10.6 Å². The van der Waals surface area contributed by atoms with Crippen LogP contribution in [0.3, 0.4) is 0 Å². The molecule has 1 aliphatic rings. The third-order valence-electron chi connectivity index (χ3n) is 8.04. The summed E-state index contributed by atoms with van der Waals surface area (Å²) in [5.74, 6) is -3.23. The predicted octanol–water partition coefficient (Wildman–Crippen LogP) is 6.95. The van der Waals surface area contributed by atoms with E-state index in [1.807, 2.05) is 25.1 Å². The highest BCUT2D eigenvalue weighted by molar-refractivity contribution is 5.85.